The van der Waals surface area contributed by atoms with Crippen LogP contribution >= 0.6 is 34.8 Å². The zero-order chi connectivity index (χ0) is 82.6. The molecule has 0 saturated heterocycles. The summed E-state index contributed by atoms with van der Waals surface area (Å²) in [6.07, 6.45) is 3.80. The molecule has 0 bridgehead atoms. The normalized spacial score (nSPS) is 12.3. The lowest BCUT2D eigenvalue weighted by Gasteiger charge is -2.31. The van der Waals surface area contributed by atoms with E-state index in [0.29, 0.717) is 44.0 Å². The molecule has 8 rings (SSSR count). The summed E-state index contributed by atoms with van der Waals surface area (Å²) >= 11 is 17.9. The van der Waals surface area contributed by atoms with Crippen molar-refractivity contribution in [2.24, 2.45) is 0 Å². The third-order valence-electron chi connectivity index (χ3n) is 17.4. The summed E-state index contributed by atoms with van der Waals surface area (Å²) in [5.41, 5.74) is 7.56. The van der Waals surface area contributed by atoms with Gasteiger partial charge in [0.05, 0.1) is 50.8 Å². The molecule has 0 fully saturated rings. The highest BCUT2D eigenvalue weighted by Gasteiger charge is 2.50. The summed E-state index contributed by atoms with van der Waals surface area (Å²) in [4.78, 5) is 22.9. The number of nitrogens with zero attached hydrogens (tertiary/aromatic N) is 1. The largest absolute Gasteiger partial charge is 0.465 e. The van der Waals surface area contributed by atoms with Crippen molar-refractivity contribution < 1.29 is 37.0 Å². The minimum Gasteiger partial charge on any atom is -0.465 e. The zero-order valence-corrected chi connectivity index (χ0v) is 72.8. The number of esters is 1. The maximum Gasteiger partial charge on any atom is 0.398 e. The number of furan rings is 1. The number of hydrogen-bond donors (Lipinski definition) is 1. The number of aliphatic hydroxyl groups is 1. The molecule has 1 N–H and O–H groups in total. The third-order valence-corrected chi connectivity index (χ3v) is 18.6. The Balaban J connectivity index is -0.000000266. The molecule has 0 amide bonds. The minimum atomic E-state index is -4.19. The molecule has 7 aromatic carbocycles. The van der Waals surface area contributed by atoms with Crippen molar-refractivity contribution in [2.75, 3.05) is 13.7 Å². The van der Waals surface area contributed by atoms with Crippen molar-refractivity contribution in [1.82, 2.24) is 0 Å². The molecule has 8 aromatic rings. The zero-order valence-electron chi connectivity index (χ0n) is 70.6. The van der Waals surface area contributed by atoms with Crippen LogP contribution in [0, 0.1) is 11.3 Å². The molecule has 0 radical (unpaired) electrons. The number of fused-ring (bicyclic) bond motifs is 1. The van der Waals surface area contributed by atoms with Gasteiger partial charge >= 0.3 is 12.1 Å². The summed E-state index contributed by atoms with van der Waals surface area (Å²) in [6, 6.07) is 60.3. The van der Waals surface area contributed by atoms with Gasteiger partial charge in [-0.15, -0.1) is 11.6 Å². The van der Waals surface area contributed by atoms with Crippen molar-refractivity contribution in [3.8, 4) is 6.07 Å². The predicted molar refractivity (Wildman–Crippen MR) is 457 cm³/mol. The van der Waals surface area contributed by atoms with Gasteiger partial charge in [-0.25, -0.2) is 4.79 Å². The Morgan fingerprint density at radius 1 is 0.476 bits per heavy atom. The van der Waals surface area contributed by atoms with Crippen LogP contribution in [-0.2, 0) is 25.9 Å². The van der Waals surface area contributed by atoms with E-state index in [2.05, 4.69) is 127 Å². The van der Waals surface area contributed by atoms with Gasteiger partial charge < -0.3 is 14.3 Å². The fourth-order valence-corrected chi connectivity index (χ4v) is 9.27. The van der Waals surface area contributed by atoms with Crippen LogP contribution in [0.25, 0.3) is 11.0 Å². The van der Waals surface area contributed by atoms with E-state index in [9.17, 15) is 22.8 Å². The highest BCUT2D eigenvalue weighted by atomic mass is 35.5. The molecule has 590 valence electrons. The standard InChI is InChI=1S/C14H18O4.C12H14O.C11H13F3.C11H13N.C11H16.C10H12Cl2.C10H13Cl.7C2H6/c1-4-9(2)10-5-11(13(16)8-15)7-12(6-10)14(17)18-3;1-3-9(2)11-5-4-10-6-7-13-12(10)8-11;1-3-10(2,11(12,13)14)9-7-5-4-6-8-9;1-3-11(2,9-12)10-7-5-4-6-8-10;1-4-11(2,3)10-8-6-5-7-9-10;1-3-7(2)8-4-5-9(11)10(12)6-8;1-3-10(2,11)9-7-5-4-6-8-9;7*1-2/h5-7,9,15H,4,8H2,1-3H3;4-9H,3H2,1-2H3;4-8H,3H2,1-2H3;4-8H,3H2,1-2H3;5-9H,4H2,1-3H3;4-7H,3H2,1-2H3;4-8H,3H2,1-2H3;7*1-2H3. The van der Waals surface area contributed by atoms with E-state index in [1.54, 1.807) is 43.5 Å². The molecular weight excluding hydrogens is 1370 g/mol. The second-order valence-corrected chi connectivity index (χ2v) is 25.6. The molecule has 0 aliphatic rings. The van der Waals surface area contributed by atoms with Gasteiger partial charge in [0.2, 0.25) is 0 Å². The molecule has 1 aromatic heterocycles. The smallest absolute Gasteiger partial charge is 0.398 e. The number of hydrogen-bond acceptors (Lipinski definition) is 6. The number of alkyl halides is 4. The Bertz CT molecular complexity index is 3320. The van der Waals surface area contributed by atoms with Crippen LogP contribution in [-0.4, -0.2) is 36.8 Å². The fourth-order valence-electron chi connectivity index (χ4n) is 8.84. The lowest BCUT2D eigenvalue weighted by molar-refractivity contribution is -0.186. The lowest BCUT2D eigenvalue weighted by atomic mass is 9.79. The highest BCUT2D eigenvalue weighted by Crippen LogP contribution is 2.43. The maximum atomic E-state index is 12.8. The van der Waals surface area contributed by atoms with Crippen molar-refractivity contribution >= 4 is 57.5 Å². The number of nitriles is 1. The first kappa shape index (κ1) is 109. The van der Waals surface area contributed by atoms with Crippen LogP contribution in [0.1, 0.15) is 323 Å². The number of ether oxygens (including phenoxy) is 1. The number of aliphatic hydroxyl groups excluding tert-OH is 1. The predicted octanol–water partition coefficient (Wildman–Crippen LogP) is 31.5. The molecule has 6 unspecified atom stereocenters. The van der Waals surface area contributed by atoms with E-state index in [-0.39, 0.29) is 22.6 Å². The average Bonchev–Trinajstić information content (AvgIpc) is 1.36. The first-order valence-corrected chi connectivity index (χ1v) is 39.8. The van der Waals surface area contributed by atoms with Crippen LogP contribution in [0.15, 0.2) is 193 Å². The number of carbonyl (C=O) groups is 2. The van der Waals surface area contributed by atoms with Crippen molar-refractivity contribution in [3.05, 3.63) is 248 Å². The number of ketones is 1. The Hall–Kier alpha value is -6.67. The molecule has 0 aliphatic carbocycles. The second kappa shape index (κ2) is 63.4. The van der Waals surface area contributed by atoms with Crippen molar-refractivity contribution in [1.29, 1.82) is 5.26 Å². The van der Waals surface area contributed by atoms with E-state index in [0.717, 1.165) is 42.4 Å². The van der Waals surface area contributed by atoms with Gasteiger partial charge in [0.15, 0.2) is 5.78 Å². The lowest BCUT2D eigenvalue weighted by Crippen LogP contribution is -2.38. The second-order valence-electron chi connectivity index (χ2n) is 24.0. The highest BCUT2D eigenvalue weighted by molar-refractivity contribution is 6.42. The number of halogens is 6. The van der Waals surface area contributed by atoms with E-state index in [4.69, 9.17) is 49.6 Å². The quantitative estimate of drug-likeness (QED) is 0.0554. The van der Waals surface area contributed by atoms with Crippen molar-refractivity contribution in [3.63, 3.8) is 0 Å². The third kappa shape index (κ3) is 40.7. The molecule has 6 atom stereocenters. The number of carbonyl (C=O) groups excluding carboxylic acids is 2. The average molecular weight is 1520 g/mol. The number of Topliss-reactive ketones (excluding diaryl/α,β-unsaturated/α-hetero) is 1. The van der Waals surface area contributed by atoms with Crippen LogP contribution in [0.5, 0.6) is 0 Å². The molecule has 6 nitrogen and oxygen atoms in total. The Labute approximate surface area is 654 Å². The molecule has 12 heteroatoms. The van der Waals surface area contributed by atoms with Crippen LogP contribution in [0.2, 0.25) is 10.0 Å². The first-order valence-electron chi connectivity index (χ1n) is 38.6. The molecule has 0 saturated carbocycles. The molecule has 0 aliphatic heterocycles. The number of rotatable bonds is 17. The summed E-state index contributed by atoms with van der Waals surface area (Å²) < 4.78 is 48.4. The molecule has 1 heterocycles. The first-order chi connectivity index (χ1) is 50.0. The fraction of sp³-hybridized carbons (Fsp3) is 0.495. The Morgan fingerprint density at radius 2 is 0.867 bits per heavy atom. The van der Waals surface area contributed by atoms with Crippen LogP contribution in [0.4, 0.5) is 13.2 Å². The van der Waals surface area contributed by atoms with E-state index < -0.39 is 30.0 Å². The van der Waals surface area contributed by atoms with E-state index >= 15 is 0 Å². The summed E-state index contributed by atoms with van der Waals surface area (Å²) in [6.45, 7) is 58.0. The Kier molecular flexibility index (Phi) is 66.0. The van der Waals surface area contributed by atoms with E-state index in [1.165, 1.54) is 72.7 Å². The van der Waals surface area contributed by atoms with E-state index in [1.807, 2.05) is 204 Å². The monoisotopic (exact) mass is 1510 g/mol. The summed E-state index contributed by atoms with van der Waals surface area (Å²) in [5, 5.41) is 20.3. The molecular formula is C93H141Cl3F3NO5. The van der Waals surface area contributed by atoms with Crippen LogP contribution < -0.4 is 0 Å². The molecule has 105 heavy (non-hydrogen) atoms. The van der Waals surface area contributed by atoms with Crippen molar-refractivity contribution in [2.45, 2.75) is 291 Å². The summed E-state index contributed by atoms with van der Waals surface area (Å²) in [5.74, 6) is 0.534. The SMILES string of the molecule is CC.CC.CC.CC.CC.CC.CC.CCC(C)(C#N)c1ccccc1.CCC(C)(C)c1ccccc1.CCC(C)(Cl)c1ccccc1.CCC(C)(c1ccccc1)C(F)(F)F.CCC(C)c1cc(C(=O)CO)cc(C(=O)OC)c1.CCC(C)c1ccc(Cl)c(Cl)c1.CCC(C)c1ccc2ccoc2c1. The van der Waals surface area contributed by atoms with Crippen LogP contribution in [0.3, 0.4) is 0 Å². The van der Waals surface area contributed by atoms with Gasteiger partial charge in [-0.1, -0.05) is 343 Å². The van der Waals surface area contributed by atoms with Gasteiger partial charge in [0, 0.05) is 10.9 Å². The Morgan fingerprint density at radius 3 is 1.23 bits per heavy atom. The van der Waals surface area contributed by atoms with Gasteiger partial charge in [-0.2, -0.15) is 18.4 Å². The topological polar surface area (TPSA) is 101 Å². The minimum absolute atomic E-state index is 0.0561. The number of benzene rings is 7. The number of methoxy groups -OCH3 is 1. The summed E-state index contributed by atoms with van der Waals surface area (Å²) in [7, 11) is 1.30. The molecule has 0 spiro atoms. The van der Waals surface area contributed by atoms with Gasteiger partial charge in [0.1, 0.15) is 12.2 Å². The van der Waals surface area contributed by atoms with Gasteiger partial charge in [0.25, 0.3) is 0 Å². The maximum absolute atomic E-state index is 12.8. The van der Waals surface area contributed by atoms with Gasteiger partial charge in [-0.05, 0) is 170 Å². The van der Waals surface area contributed by atoms with Gasteiger partial charge in [-0.3, -0.25) is 4.79 Å².